The Morgan fingerprint density at radius 2 is 2.00 bits per heavy atom. The number of anilines is 1. The van der Waals surface area contributed by atoms with Crippen molar-refractivity contribution in [1.82, 2.24) is 15.1 Å². The number of benzene rings is 2. The Morgan fingerprint density at radius 1 is 1.26 bits per heavy atom. The first-order valence-corrected chi connectivity index (χ1v) is 11.1. The van der Waals surface area contributed by atoms with Crippen molar-refractivity contribution >= 4 is 39.5 Å². The molecule has 0 atom stereocenters. The number of nitrogens with zero attached hydrogens (tertiary/aromatic N) is 3. The zero-order chi connectivity index (χ0) is 22.6. The van der Waals surface area contributed by atoms with Gasteiger partial charge >= 0.3 is 0 Å². The second kappa shape index (κ2) is 9.32. The highest BCUT2D eigenvalue weighted by molar-refractivity contribution is 7.92. The predicted octanol–water partition coefficient (Wildman–Crippen LogP) is 2.71. The van der Waals surface area contributed by atoms with Crippen molar-refractivity contribution in [2.45, 2.75) is 18.4 Å². The highest BCUT2D eigenvalue weighted by atomic mass is 35.5. The van der Waals surface area contributed by atoms with Gasteiger partial charge in [-0.15, -0.1) is 0 Å². The molecule has 10 heteroatoms. The normalized spacial score (nSPS) is 11.2. The van der Waals surface area contributed by atoms with Crippen molar-refractivity contribution in [2.75, 3.05) is 10.8 Å². The minimum atomic E-state index is -4.08. The van der Waals surface area contributed by atoms with Crippen molar-refractivity contribution in [3.8, 4) is 0 Å². The molecule has 0 unspecified atom stereocenters. The summed E-state index contributed by atoms with van der Waals surface area (Å²) in [6.45, 7) is 1.38. The van der Waals surface area contributed by atoms with Crippen molar-refractivity contribution in [3.05, 3.63) is 76.6 Å². The molecule has 8 nitrogen and oxygen atoms in total. The Balaban J connectivity index is 1.88. The van der Waals surface area contributed by atoms with Crippen LogP contribution in [0, 0.1) is 6.92 Å². The van der Waals surface area contributed by atoms with Crippen molar-refractivity contribution in [1.29, 1.82) is 0 Å². The zero-order valence-electron chi connectivity index (χ0n) is 16.9. The quantitative estimate of drug-likeness (QED) is 0.521. The van der Waals surface area contributed by atoms with Crippen molar-refractivity contribution in [2.24, 2.45) is 7.05 Å². The maximum absolute atomic E-state index is 13.3. The Hall–Kier alpha value is -3.17. The van der Waals surface area contributed by atoms with E-state index in [1.807, 2.05) is 0 Å². The van der Waals surface area contributed by atoms with Gasteiger partial charge in [0.2, 0.25) is 5.91 Å². The molecule has 162 valence electrons. The van der Waals surface area contributed by atoms with Gasteiger partial charge in [-0.25, -0.2) is 8.42 Å². The first-order chi connectivity index (χ1) is 14.7. The van der Waals surface area contributed by atoms with Gasteiger partial charge in [-0.1, -0.05) is 35.9 Å². The molecule has 0 fully saturated rings. The number of hydrogen-bond acceptors (Lipinski definition) is 5. The molecule has 1 aromatic heterocycles. The van der Waals surface area contributed by atoms with E-state index in [1.165, 1.54) is 17.1 Å². The standard InChI is InChI=1S/C21H21ClN4O4S/c1-15-19(22)7-4-8-20(15)26(31(29,30)18-11-24-25(2)12-18)13-21(28)23-10-16-5-3-6-17(9-16)14-27/h3-9,11-12,14H,10,13H2,1-2H3,(H,23,28). The molecule has 0 aliphatic carbocycles. The van der Waals surface area contributed by atoms with Gasteiger partial charge in [0, 0.05) is 30.4 Å². The van der Waals surface area contributed by atoms with Crippen LogP contribution in [0.15, 0.2) is 59.8 Å². The zero-order valence-corrected chi connectivity index (χ0v) is 18.5. The van der Waals surface area contributed by atoms with E-state index in [0.29, 0.717) is 21.8 Å². The number of sulfonamides is 1. The molecule has 31 heavy (non-hydrogen) atoms. The number of carbonyl (C=O) groups is 2. The SMILES string of the molecule is Cc1c(Cl)cccc1N(CC(=O)NCc1cccc(C=O)c1)S(=O)(=O)c1cnn(C)c1. The van der Waals surface area contributed by atoms with Crippen LogP contribution in [0.25, 0.3) is 0 Å². The number of halogens is 1. The van der Waals surface area contributed by atoms with Gasteiger partial charge in [-0.2, -0.15) is 5.10 Å². The lowest BCUT2D eigenvalue weighted by Crippen LogP contribution is -2.41. The van der Waals surface area contributed by atoms with Gasteiger partial charge in [-0.3, -0.25) is 18.6 Å². The topological polar surface area (TPSA) is 101 Å². The fourth-order valence-electron chi connectivity index (χ4n) is 2.99. The first-order valence-electron chi connectivity index (χ1n) is 9.29. The molecule has 0 radical (unpaired) electrons. The van der Waals surface area contributed by atoms with Gasteiger partial charge in [0.25, 0.3) is 10.0 Å². The fourth-order valence-corrected chi connectivity index (χ4v) is 4.62. The second-order valence-electron chi connectivity index (χ2n) is 6.88. The van der Waals surface area contributed by atoms with Crippen LogP contribution in [0.3, 0.4) is 0 Å². The Kier molecular flexibility index (Phi) is 6.77. The van der Waals surface area contributed by atoms with E-state index in [4.69, 9.17) is 11.6 Å². The summed E-state index contributed by atoms with van der Waals surface area (Å²) in [5.74, 6) is -0.511. The van der Waals surface area contributed by atoms with Crippen LogP contribution in [-0.2, 0) is 28.4 Å². The number of rotatable bonds is 8. The van der Waals surface area contributed by atoms with Crippen LogP contribution in [0.1, 0.15) is 21.5 Å². The molecule has 1 heterocycles. The van der Waals surface area contributed by atoms with E-state index in [-0.39, 0.29) is 11.4 Å². The van der Waals surface area contributed by atoms with Gasteiger partial charge in [0.15, 0.2) is 0 Å². The molecular formula is C21H21ClN4O4S. The molecule has 3 aromatic rings. The van der Waals surface area contributed by atoms with Crippen LogP contribution >= 0.6 is 11.6 Å². The van der Waals surface area contributed by atoms with Crippen LogP contribution in [0.5, 0.6) is 0 Å². The van der Waals surface area contributed by atoms with Gasteiger partial charge in [-0.05, 0) is 36.2 Å². The molecule has 2 aromatic carbocycles. The summed E-state index contributed by atoms with van der Waals surface area (Å²) < 4.78 is 29.0. The van der Waals surface area contributed by atoms with Gasteiger partial charge < -0.3 is 5.32 Å². The van der Waals surface area contributed by atoms with Crippen LogP contribution < -0.4 is 9.62 Å². The third-order valence-corrected chi connectivity index (χ3v) is 6.76. The maximum Gasteiger partial charge on any atom is 0.267 e. The van der Waals surface area contributed by atoms with E-state index in [1.54, 1.807) is 56.4 Å². The number of aldehydes is 1. The molecule has 0 aliphatic heterocycles. The van der Waals surface area contributed by atoms with Crippen molar-refractivity contribution in [3.63, 3.8) is 0 Å². The van der Waals surface area contributed by atoms with E-state index in [9.17, 15) is 18.0 Å². The lowest BCUT2D eigenvalue weighted by atomic mass is 10.1. The van der Waals surface area contributed by atoms with Gasteiger partial charge in [0.05, 0.1) is 11.9 Å². The number of aryl methyl sites for hydroxylation is 1. The Bertz CT molecular complexity index is 1220. The smallest absolute Gasteiger partial charge is 0.267 e. The molecule has 1 amide bonds. The number of amides is 1. The van der Waals surface area contributed by atoms with Gasteiger partial charge in [0.1, 0.15) is 17.7 Å². The summed E-state index contributed by atoms with van der Waals surface area (Å²) in [5, 5.41) is 7.01. The molecular weight excluding hydrogens is 440 g/mol. The summed E-state index contributed by atoms with van der Waals surface area (Å²) in [4.78, 5) is 23.6. The van der Waals surface area contributed by atoms with E-state index in [0.717, 1.165) is 16.2 Å². The second-order valence-corrected chi connectivity index (χ2v) is 9.15. The van der Waals surface area contributed by atoms with Crippen LogP contribution in [-0.4, -0.2) is 36.9 Å². The van der Waals surface area contributed by atoms with Crippen molar-refractivity contribution < 1.29 is 18.0 Å². The number of hydrogen-bond donors (Lipinski definition) is 1. The summed E-state index contributed by atoms with van der Waals surface area (Å²) in [7, 11) is -2.47. The lowest BCUT2D eigenvalue weighted by Gasteiger charge is -2.25. The fraction of sp³-hybridized carbons (Fsp3) is 0.190. The average Bonchev–Trinajstić information content (AvgIpc) is 3.20. The third-order valence-electron chi connectivity index (χ3n) is 4.64. The summed E-state index contributed by atoms with van der Waals surface area (Å²) in [6, 6.07) is 11.6. The molecule has 1 N–H and O–H groups in total. The molecule has 0 spiro atoms. The van der Waals surface area contributed by atoms with E-state index in [2.05, 4.69) is 10.4 Å². The summed E-state index contributed by atoms with van der Waals surface area (Å²) >= 11 is 6.20. The van der Waals surface area contributed by atoms with E-state index < -0.39 is 22.5 Å². The minimum absolute atomic E-state index is 0.0409. The van der Waals surface area contributed by atoms with Crippen LogP contribution in [0.4, 0.5) is 5.69 Å². The number of nitrogens with one attached hydrogen (secondary N) is 1. The minimum Gasteiger partial charge on any atom is -0.350 e. The molecule has 0 saturated heterocycles. The summed E-state index contributed by atoms with van der Waals surface area (Å²) in [5.41, 5.74) is 2.04. The summed E-state index contributed by atoms with van der Waals surface area (Å²) in [6.07, 6.45) is 3.31. The highest BCUT2D eigenvalue weighted by Crippen LogP contribution is 2.30. The first kappa shape index (κ1) is 22.5. The largest absolute Gasteiger partial charge is 0.350 e. The lowest BCUT2D eigenvalue weighted by molar-refractivity contribution is -0.119. The number of carbonyl (C=O) groups excluding carboxylic acids is 2. The molecule has 0 aliphatic rings. The predicted molar refractivity (Wildman–Crippen MR) is 118 cm³/mol. The molecule has 0 saturated carbocycles. The van der Waals surface area contributed by atoms with Crippen LogP contribution in [0.2, 0.25) is 5.02 Å². The molecule has 3 rings (SSSR count). The Morgan fingerprint density at radius 3 is 2.68 bits per heavy atom. The number of aromatic nitrogens is 2. The Labute approximate surface area is 185 Å². The van der Waals surface area contributed by atoms with E-state index >= 15 is 0 Å². The monoisotopic (exact) mass is 460 g/mol. The average molecular weight is 461 g/mol. The highest BCUT2D eigenvalue weighted by Gasteiger charge is 2.29. The maximum atomic E-state index is 13.3. The third kappa shape index (κ3) is 5.12. The molecule has 0 bridgehead atoms.